The molecule has 1 saturated carbocycles. The summed E-state index contributed by atoms with van der Waals surface area (Å²) in [5.74, 6) is -0.392. The van der Waals surface area contributed by atoms with E-state index in [9.17, 15) is 26.9 Å². The lowest BCUT2D eigenvalue weighted by molar-refractivity contribution is 0.150. The maximum absolute atomic E-state index is 13.3. The molecule has 34 heavy (non-hydrogen) atoms. The van der Waals surface area contributed by atoms with Gasteiger partial charge in [-0.2, -0.15) is 15.1 Å². The zero-order valence-electron chi connectivity index (χ0n) is 17.2. The highest BCUT2D eigenvalue weighted by molar-refractivity contribution is 7.89. The first kappa shape index (κ1) is 22.5. The van der Waals surface area contributed by atoms with Gasteiger partial charge in [0.2, 0.25) is 10.0 Å². The summed E-state index contributed by atoms with van der Waals surface area (Å²) < 4.78 is 69.3. The van der Waals surface area contributed by atoms with E-state index in [0.29, 0.717) is 35.1 Å². The maximum atomic E-state index is 13.3. The predicted octanol–water partition coefficient (Wildman–Crippen LogP) is 4.01. The summed E-state index contributed by atoms with van der Waals surface area (Å²) in [6.07, 6.45) is -1.96. The molecule has 2 aromatic carbocycles. The van der Waals surface area contributed by atoms with Crippen LogP contribution in [0, 0.1) is 17.1 Å². The van der Waals surface area contributed by atoms with Crippen molar-refractivity contribution in [2.75, 3.05) is 0 Å². The van der Waals surface area contributed by atoms with Gasteiger partial charge in [-0.1, -0.05) is 23.5 Å². The van der Waals surface area contributed by atoms with Crippen LogP contribution in [0.5, 0.6) is 0 Å². The van der Waals surface area contributed by atoms with Crippen molar-refractivity contribution in [3.8, 4) is 16.8 Å². The SMILES string of the molecule is N#CC1(NS(=O)(=O)c2ccc3c(c2)c(-c2nnc(C(F)F)s2)nn3Cc2ccc(F)cc2)CC1. The minimum Gasteiger partial charge on any atom is -0.260 e. The highest BCUT2D eigenvalue weighted by atomic mass is 32.2. The number of nitriles is 1. The molecule has 0 aliphatic heterocycles. The van der Waals surface area contributed by atoms with Crippen LogP contribution in [0.1, 0.15) is 29.8 Å². The Hall–Kier alpha value is -3.34. The van der Waals surface area contributed by atoms with Gasteiger partial charge in [-0.15, -0.1) is 10.2 Å². The molecule has 0 amide bonds. The molecular weight excluding hydrogens is 489 g/mol. The molecule has 1 fully saturated rings. The zero-order valence-corrected chi connectivity index (χ0v) is 18.9. The van der Waals surface area contributed by atoms with Crippen molar-refractivity contribution in [2.45, 2.75) is 36.2 Å². The number of sulfonamides is 1. The molecule has 0 saturated heterocycles. The maximum Gasteiger partial charge on any atom is 0.291 e. The number of benzene rings is 2. The van der Waals surface area contributed by atoms with Crippen LogP contribution in [0.3, 0.4) is 0 Å². The molecule has 13 heteroatoms. The van der Waals surface area contributed by atoms with Gasteiger partial charge >= 0.3 is 0 Å². The molecule has 2 aromatic heterocycles. The number of hydrogen-bond donors (Lipinski definition) is 1. The first-order valence-electron chi connectivity index (χ1n) is 10.0. The van der Waals surface area contributed by atoms with Crippen molar-refractivity contribution in [1.29, 1.82) is 5.26 Å². The number of nitrogens with zero attached hydrogens (tertiary/aromatic N) is 5. The lowest BCUT2D eigenvalue weighted by Gasteiger charge is -2.10. The van der Waals surface area contributed by atoms with E-state index in [1.807, 2.05) is 6.07 Å². The summed E-state index contributed by atoms with van der Waals surface area (Å²) in [4.78, 5) is -0.0947. The quantitative estimate of drug-likeness (QED) is 0.407. The molecule has 4 aromatic rings. The van der Waals surface area contributed by atoms with Gasteiger partial charge < -0.3 is 0 Å². The number of fused-ring (bicyclic) bond motifs is 1. The molecule has 2 heterocycles. The number of alkyl halides is 2. The fraction of sp³-hybridized carbons (Fsp3) is 0.238. The Balaban J connectivity index is 1.62. The van der Waals surface area contributed by atoms with Crippen LogP contribution in [0.4, 0.5) is 13.2 Å². The average molecular weight is 505 g/mol. The van der Waals surface area contributed by atoms with Gasteiger partial charge in [0, 0.05) is 5.39 Å². The first-order chi connectivity index (χ1) is 16.2. The lowest BCUT2D eigenvalue weighted by atomic mass is 10.2. The Bertz CT molecular complexity index is 1540. The second kappa shape index (κ2) is 8.15. The molecule has 174 valence electrons. The van der Waals surface area contributed by atoms with E-state index in [-0.39, 0.29) is 22.1 Å². The van der Waals surface area contributed by atoms with Gasteiger partial charge in [0.05, 0.1) is 23.0 Å². The molecule has 1 N–H and O–H groups in total. The zero-order chi connectivity index (χ0) is 24.1. The highest BCUT2D eigenvalue weighted by Crippen LogP contribution is 2.37. The van der Waals surface area contributed by atoms with Crippen molar-refractivity contribution < 1.29 is 21.6 Å². The molecular formula is C21H15F3N6O2S2. The summed E-state index contributed by atoms with van der Waals surface area (Å²) in [6, 6.07) is 12.1. The van der Waals surface area contributed by atoms with Crippen LogP contribution in [0.2, 0.25) is 0 Å². The third kappa shape index (κ3) is 4.15. The van der Waals surface area contributed by atoms with Crippen LogP contribution in [-0.2, 0) is 16.6 Å². The Morgan fingerprint density at radius 1 is 1.18 bits per heavy atom. The average Bonchev–Trinajstić information content (AvgIpc) is 3.24. The second-order valence-electron chi connectivity index (χ2n) is 7.86. The molecule has 0 radical (unpaired) electrons. The Kier molecular flexibility index (Phi) is 5.38. The normalized spacial score (nSPS) is 15.0. The Morgan fingerprint density at radius 3 is 2.53 bits per heavy atom. The van der Waals surface area contributed by atoms with E-state index in [2.05, 4.69) is 20.0 Å². The van der Waals surface area contributed by atoms with E-state index >= 15 is 0 Å². The van der Waals surface area contributed by atoms with Gasteiger partial charge in [-0.3, -0.25) is 4.68 Å². The Morgan fingerprint density at radius 2 is 1.91 bits per heavy atom. The van der Waals surface area contributed by atoms with Crippen LogP contribution >= 0.6 is 11.3 Å². The molecule has 5 rings (SSSR count). The topological polar surface area (TPSA) is 114 Å². The summed E-state index contributed by atoms with van der Waals surface area (Å²) >= 11 is 0.662. The molecule has 1 aliphatic rings. The summed E-state index contributed by atoms with van der Waals surface area (Å²) in [7, 11) is -4.02. The number of halogens is 3. The lowest BCUT2D eigenvalue weighted by Crippen LogP contribution is -2.35. The first-order valence-corrected chi connectivity index (χ1v) is 12.3. The number of hydrogen-bond acceptors (Lipinski definition) is 7. The number of rotatable bonds is 7. The standard InChI is InChI=1S/C21H15F3N6O2S2/c22-13-3-1-12(2-4-13)10-30-16-6-5-14(34(31,32)29-21(11-25)7-8-21)9-15(16)17(28-30)19-26-27-20(33-19)18(23)24/h1-6,9,18,29H,7-8,10H2. The molecule has 8 nitrogen and oxygen atoms in total. The van der Waals surface area contributed by atoms with Crippen molar-refractivity contribution in [3.63, 3.8) is 0 Å². The van der Waals surface area contributed by atoms with Crippen molar-refractivity contribution in [1.82, 2.24) is 24.7 Å². The van der Waals surface area contributed by atoms with Gasteiger partial charge in [-0.05, 0) is 48.7 Å². The smallest absolute Gasteiger partial charge is 0.260 e. The fourth-order valence-corrected chi connectivity index (χ4v) is 5.56. The number of aromatic nitrogens is 4. The minimum atomic E-state index is -4.02. The van der Waals surface area contributed by atoms with E-state index in [0.717, 1.165) is 5.56 Å². The van der Waals surface area contributed by atoms with Crippen molar-refractivity contribution in [3.05, 3.63) is 58.9 Å². The van der Waals surface area contributed by atoms with Crippen LogP contribution in [-0.4, -0.2) is 33.9 Å². The van der Waals surface area contributed by atoms with Gasteiger partial charge in [0.25, 0.3) is 6.43 Å². The molecule has 0 unspecified atom stereocenters. The van der Waals surface area contributed by atoms with Crippen molar-refractivity contribution >= 4 is 32.3 Å². The van der Waals surface area contributed by atoms with Crippen LogP contribution in [0.25, 0.3) is 21.6 Å². The minimum absolute atomic E-state index is 0.0947. The molecule has 0 atom stereocenters. The van der Waals surface area contributed by atoms with E-state index < -0.39 is 32.8 Å². The largest absolute Gasteiger partial charge is 0.291 e. The van der Waals surface area contributed by atoms with Gasteiger partial charge in [0.1, 0.15) is 17.1 Å². The fourth-order valence-electron chi connectivity index (χ4n) is 3.46. The molecule has 1 aliphatic carbocycles. The van der Waals surface area contributed by atoms with Gasteiger partial charge in [-0.25, -0.2) is 21.6 Å². The number of nitrogens with one attached hydrogen (secondary N) is 1. The summed E-state index contributed by atoms with van der Waals surface area (Å²) in [6.45, 7) is 0.221. The summed E-state index contributed by atoms with van der Waals surface area (Å²) in [5.41, 5.74) is 0.341. The van der Waals surface area contributed by atoms with Crippen LogP contribution in [0.15, 0.2) is 47.4 Å². The Labute approximate surface area is 195 Å². The van der Waals surface area contributed by atoms with Crippen molar-refractivity contribution in [2.24, 2.45) is 0 Å². The van der Waals surface area contributed by atoms with E-state index in [1.165, 1.54) is 24.3 Å². The predicted molar refractivity (Wildman–Crippen MR) is 117 cm³/mol. The third-order valence-electron chi connectivity index (χ3n) is 5.40. The third-order valence-corrected chi connectivity index (χ3v) is 7.87. The van der Waals surface area contributed by atoms with E-state index in [1.54, 1.807) is 22.9 Å². The van der Waals surface area contributed by atoms with Crippen LogP contribution < -0.4 is 4.72 Å². The van der Waals surface area contributed by atoms with Gasteiger partial charge in [0.15, 0.2) is 10.0 Å². The summed E-state index contributed by atoms with van der Waals surface area (Å²) in [5, 5.41) is 21.1. The molecule has 0 bridgehead atoms. The highest BCUT2D eigenvalue weighted by Gasteiger charge is 2.46. The van der Waals surface area contributed by atoms with E-state index in [4.69, 9.17) is 0 Å². The second-order valence-corrected chi connectivity index (χ2v) is 10.5. The monoisotopic (exact) mass is 504 g/mol. The molecule has 0 spiro atoms.